The van der Waals surface area contributed by atoms with E-state index in [4.69, 9.17) is 17.3 Å². The third kappa shape index (κ3) is 3.64. The number of fused-ring (bicyclic) bond motifs is 1. The number of aromatic hydroxyl groups is 1. The van der Waals surface area contributed by atoms with Crippen LogP contribution in [-0.4, -0.2) is 21.5 Å². The third-order valence-corrected chi connectivity index (χ3v) is 6.12. The van der Waals surface area contributed by atoms with E-state index < -0.39 is 11.9 Å². The Labute approximate surface area is 176 Å². The number of thiophene rings is 1. The molecule has 146 valence electrons. The van der Waals surface area contributed by atoms with Crippen LogP contribution >= 0.6 is 22.9 Å². The normalized spacial score (nSPS) is 11.1. The van der Waals surface area contributed by atoms with Crippen molar-refractivity contribution in [3.63, 3.8) is 0 Å². The van der Waals surface area contributed by atoms with E-state index >= 15 is 0 Å². The van der Waals surface area contributed by atoms with Gasteiger partial charge in [0.05, 0.1) is 16.0 Å². The zero-order valence-electron chi connectivity index (χ0n) is 15.3. The summed E-state index contributed by atoms with van der Waals surface area (Å²) in [5.74, 6) is -0.843. The number of benzene rings is 2. The number of aromatic nitrogens is 1. The molecule has 2 heterocycles. The van der Waals surface area contributed by atoms with Crippen LogP contribution in [0.25, 0.3) is 10.9 Å². The van der Waals surface area contributed by atoms with E-state index in [1.54, 1.807) is 24.3 Å². The second-order valence-electron chi connectivity index (χ2n) is 6.61. The molecule has 0 bridgehead atoms. The van der Waals surface area contributed by atoms with Crippen LogP contribution in [0, 0.1) is 0 Å². The van der Waals surface area contributed by atoms with E-state index in [1.165, 1.54) is 16.9 Å². The van der Waals surface area contributed by atoms with Crippen LogP contribution < -0.4 is 5.73 Å². The summed E-state index contributed by atoms with van der Waals surface area (Å²) in [5.41, 5.74) is 6.98. The van der Waals surface area contributed by atoms with Crippen LogP contribution in [0.15, 0.2) is 60.7 Å². The van der Waals surface area contributed by atoms with Gasteiger partial charge in [0.1, 0.15) is 0 Å². The molecule has 3 N–H and O–H groups in total. The minimum absolute atomic E-state index is 0.0257. The van der Waals surface area contributed by atoms with Gasteiger partial charge < -0.3 is 10.8 Å². The van der Waals surface area contributed by atoms with Gasteiger partial charge in [0.15, 0.2) is 0 Å². The molecule has 0 saturated heterocycles. The van der Waals surface area contributed by atoms with Crippen molar-refractivity contribution in [3.05, 3.63) is 86.6 Å². The number of primary amides is 1. The number of hydrogen-bond acceptors (Lipinski definition) is 4. The Bertz CT molecular complexity index is 1230. The van der Waals surface area contributed by atoms with Gasteiger partial charge in [-0.3, -0.25) is 4.79 Å². The highest BCUT2D eigenvalue weighted by Gasteiger charge is 2.26. The first-order valence-electron chi connectivity index (χ1n) is 8.96. The van der Waals surface area contributed by atoms with Gasteiger partial charge in [-0.15, -0.1) is 11.3 Å². The molecule has 0 saturated carbocycles. The van der Waals surface area contributed by atoms with Gasteiger partial charge in [0.25, 0.3) is 0 Å². The molecule has 0 aliphatic carbocycles. The highest BCUT2D eigenvalue weighted by atomic mass is 35.5. The van der Waals surface area contributed by atoms with Gasteiger partial charge >= 0.3 is 6.03 Å². The molecule has 1 amide bonds. The summed E-state index contributed by atoms with van der Waals surface area (Å²) >= 11 is 7.45. The van der Waals surface area contributed by atoms with Gasteiger partial charge in [-0.05, 0) is 48.7 Å². The van der Waals surface area contributed by atoms with Crippen LogP contribution in [-0.2, 0) is 12.8 Å². The molecular formula is C22H17ClN2O3S. The molecule has 7 heteroatoms. The summed E-state index contributed by atoms with van der Waals surface area (Å²) in [6.45, 7) is 0. The largest absolute Gasteiger partial charge is 0.494 e. The van der Waals surface area contributed by atoms with Crippen LogP contribution in [0.4, 0.5) is 4.79 Å². The van der Waals surface area contributed by atoms with Crippen molar-refractivity contribution in [2.45, 2.75) is 12.8 Å². The lowest BCUT2D eigenvalue weighted by Gasteiger charge is -2.01. The number of nitrogens with zero attached hydrogens (tertiary/aromatic N) is 1. The molecule has 0 fully saturated rings. The number of ketones is 1. The van der Waals surface area contributed by atoms with Crippen molar-refractivity contribution >= 4 is 45.7 Å². The quantitative estimate of drug-likeness (QED) is 0.442. The zero-order valence-corrected chi connectivity index (χ0v) is 16.8. The second kappa shape index (κ2) is 7.73. The number of carbonyl (C=O) groups excluding carboxylic acids is 2. The highest BCUT2D eigenvalue weighted by molar-refractivity contribution is 7.14. The maximum atomic E-state index is 13.2. The molecule has 0 aliphatic rings. The molecule has 0 aliphatic heterocycles. The second-order valence-corrected chi connectivity index (χ2v) is 8.22. The molecule has 2 aromatic carbocycles. The smallest absolute Gasteiger partial charge is 0.326 e. The summed E-state index contributed by atoms with van der Waals surface area (Å²) < 4.78 is 0.919. The fourth-order valence-corrected chi connectivity index (χ4v) is 4.49. The van der Waals surface area contributed by atoms with E-state index in [-0.39, 0.29) is 11.3 Å². The summed E-state index contributed by atoms with van der Waals surface area (Å²) in [4.78, 5) is 26.5. The van der Waals surface area contributed by atoms with Gasteiger partial charge in [-0.2, -0.15) is 0 Å². The molecule has 0 unspecified atom stereocenters. The Balaban J connectivity index is 1.68. The maximum Gasteiger partial charge on any atom is 0.326 e. The van der Waals surface area contributed by atoms with Crippen molar-refractivity contribution in [3.8, 4) is 5.88 Å². The number of amides is 1. The Morgan fingerprint density at radius 2 is 1.79 bits per heavy atom. The van der Waals surface area contributed by atoms with Crippen molar-refractivity contribution < 1.29 is 14.7 Å². The topological polar surface area (TPSA) is 85.3 Å². The average Bonchev–Trinajstić information content (AvgIpc) is 3.28. The maximum absolute atomic E-state index is 13.2. The molecule has 0 spiro atoms. The summed E-state index contributed by atoms with van der Waals surface area (Å²) in [5, 5.41) is 11.3. The van der Waals surface area contributed by atoms with E-state index in [1.807, 2.05) is 24.3 Å². The molecule has 2 aromatic heterocycles. The van der Waals surface area contributed by atoms with Crippen molar-refractivity contribution in [2.75, 3.05) is 0 Å². The Morgan fingerprint density at radius 3 is 2.52 bits per heavy atom. The minimum atomic E-state index is -0.872. The fraction of sp³-hybridized carbons (Fsp3) is 0.0909. The van der Waals surface area contributed by atoms with E-state index in [0.29, 0.717) is 20.8 Å². The molecule has 5 nitrogen and oxygen atoms in total. The number of hydrogen-bond donors (Lipinski definition) is 2. The first kappa shape index (κ1) is 19.2. The predicted molar refractivity (Wildman–Crippen MR) is 115 cm³/mol. The van der Waals surface area contributed by atoms with Crippen LogP contribution in [0.5, 0.6) is 5.88 Å². The van der Waals surface area contributed by atoms with Crippen molar-refractivity contribution in [2.24, 2.45) is 5.73 Å². The average molecular weight is 425 g/mol. The van der Waals surface area contributed by atoms with Gasteiger partial charge in [-0.25, -0.2) is 9.36 Å². The van der Waals surface area contributed by atoms with Crippen molar-refractivity contribution in [1.82, 2.24) is 4.57 Å². The molecule has 4 rings (SSSR count). The SMILES string of the molecule is NC(=O)n1c(O)c(C(=O)c2ccc(CCc3ccccc3)s2)c2cc(Cl)ccc21. The third-order valence-electron chi connectivity index (χ3n) is 4.74. The molecular weight excluding hydrogens is 408 g/mol. The molecule has 29 heavy (non-hydrogen) atoms. The number of rotatable bonds is 5. The van der Waals surface area contributed by atoms with Crippen LogP contribution in [0.2, 0.25) is 5.02 Å². The Morgan fingerprint density at radius 1 is 1.03 bits per heavy atom. The summed E-state index contributed by atoms with van der Waals surface area (Å²) in [6, 6.07) is 17.6. The Kier molecular flexibility index (Phi) is 5.13. The predicted octanol–water partition coefficient (Wildman–Crippen LogP) is 5.00. The molecule has 0 radical (unpaired) electrons. The van der Waals surface area contributed by atoms with E-state index in [0.717, 1.165) is 22.3 Å². The lowest BCUT2D eigenvalue weighted by molar-refractivity contribution is 0.104. The molecule has 0 atom stereocenters. The highest BCUT2D eigenvalue weighted by Crippen LogP contribution is 2.35. The fourth-order valence-electron chi connectivity index (χ4n) is 3.37. The summed E-state index contributed by atoms with van der Waals surface area (Å²) in [7, 11) is 0. The lowest BCUT2D eigenvalue weighted by atomic mass is 10.1. The zero-order chi connectivity index (χ0) is 20.5. The number of carbonyl (C=O) groups is 2. The van der Waals surface area contributed by atoms with Crippen molar-refractivity contribution in [1.29, 1.82) is 0 Å². The lowest BCUT2D eigenvalue weighted by Crippen LogP contribution is -2.18. The first-order chi connectivity index (χ1) is 14.0. The molecule has 4 aromatic rings. The monoisotopic (exact) mass is 424 g/mol. The van der Waals surface area contributed by atoms with E-state index in [9.17, 15) is 14.7 Å². The van der Waals surface area contributed by atoms with E-state index in [2.05, 4.69) is 12.1 Å². The van der Waals surface area contributed by atoms with Crippen LogP contribution in [0.1, 0.15) is 25.7 Å². The Hall–Kier alpha value is -3.09. The standard InChI is InChI=1S/C22H17ClN2O3S/c23-14-7-10-17-16(12-14)19(21(27)25(17)22(24)28)20(26)18-11-9-15(29-18)8-6-13-4-2-1-3-5-13/h1-5,7,9-12,27H,6,8H2,(H2,24,28). The number of aryl methyl sites for hydroxylation is 2. The van der Waals surface area contributed by atoms with Gasteiger partial charge in [-0.1, -0.05) is 41.9 Å². The van der Waals surface area contributed by atoms with Gasteiger partial charge in [0, 0.05) is 15.3 Å². The van der Waals surface area contributed by atoms with Gasteiger partial charge in [0.2, 0.25) is 11.7 Å². The number of halogens is 1. The first-order valence-corrected chi connectivity index (χ1v) is 10.1. The summed E-state index contributed by atoms with van der Waals surface area (Å²) in [6.07, 6.45) is 1.68. The number of nitrogens with two attached hydrogens (primary N) is 1. The van der Waals surface area contributed by atoms with Crippen LogP contribution in [0.3, 0.4) is 0 Å². The minimum Gasteiger partial charge on any atom is -0.494 e.